The number of anilines is 1. The minimum atomic E-state index is -2.71. The number of carbonyl (C=O) groups is 2. The number of nitrogens with one attached hydrogen (secondary N) is 2. The quantitative estimate of drug-likeness (QED) is 0.324. The molecule has 5 rings (SSSR count). The van der Waals surface area contributed by atoms with Gasteiger partial charge in [0.25, 0.3) is 5.92 Å². The number of nitrogens with two attached hydrogens (primary N) is 1. The number of carbonyl (C=O) groups excluding carboxylic acids is 2. The third-order valence-corrected chi connectivity index (χ3v) is 7.88. The Hall–Kier alpha value is -3.85. The molecule has 3 aromatic rings. The van der Waals surface area contributed by atoms with E-state index in [-0.39, 0.29) is 30.8 Å². The Bertz CT molecular complexity index is 1350. The van der Waals surface area contributed by atoms with E-state index >= 15 is 0 Å². The van der Waals surface area contributed by atoms with Crippen molar-refractivity contribution in [3.05, 3.63) is 72.4 Å². The summed E-state index contributed by atoms with van der Waals surface area (Å²) < 4.78 is 32.3. The predicted molar refractivity (Wildman–Crippen MR) is 150 cm³/mol. The summed E-state index contributed by atoms with van der Waals surface area (Å²) in [5.41, 5.74) is 9.81. The number of alkyl carbamates (subject to hydrolysis) is 1. The van der Waals surface area contributed by atoms with Gasteiger partial charge < -0.3 is 21.1 Å². The standard InChI is InChI=1S/C31H34F2N4O3/c1-35-29(39)40-25-13-7-20(8-14-25)15-27(38)37-24-16-26(21-5-3-2-4-6-21)28(36-17-24)22-9-11-23(12-10-22)30(34)18-31(32,33)19-30/h2-6,9-12,16-17,20,25H,7-8,13-15,18-19,34H2,1H3,(H,35,39)(H,37,38). The summed E-state index contributed by atoms with van der Waals surface area (Å²) in [5, 5.41) is 5.47. The van der Waals surface area contributed by atoms with Crippen molar-refractivity contribution in [3.8, 4) is 22.4 Å². The highest BCUT2D eigenvalue weighted by Gasteiger charge is 2.55. The van der Waals surface area contributed by atoms with Gasteiger partial charge in [-0.15, -0.1) is 0 Å². The molecule has 1 aromatic heterocycles. The van der Waals surface area contributed by atoms with Gasteiger partial charge in [-0.3, -0.25) is 9.78 Å². The molecule has 4 N–H and O–H groups in total. The van der Waals surface area contributed by atoms with Gasteiger partial charge in [-0.25, -0.2) is 13.6 Å². The van der Waals surface area contributed by atoms with Gasteiger partial charge in [0.2, 0.25) is 5.91 Å². The summed E-state index contributed by atoms with van der Waals surface area (Å²) in [5.74, 6) is -2.57. The van der Waals surface area contributed by atoms with E-state index in [4.69, 9.17) is 15.5 Å². The third-order valence-electron chi connectivity index (χ3n) is 7.88. The highest BCUT2D eigenvalue weighted by Crippen LogP contribution is 2.50. The van der Waals surface area contributed by atoms with Crippen molar-refractivity contribution >= 4 is 17.7 Å². The van der Waals surface area contributed by atoms with Crippen LogP contribution in [-0.2, 0) is 15.1 Å². The number of amides is 2. The summed E-state index contributed by atoms with van der Waals surface area (Å²) in [6.45, 7) is 0. The molecule has 2 aliphatic carbocycles. The Kier molecular flexibility index (Phi) is 7.85. The van der Waals surface area contributed by atoms with E-state index in [0.29, 0.717) is 17.7 Å². The van der Waals surface area contributed by atoms with Crippen molar-refractivity contribution < 1.29 is 23.1 Å². The number of pyridine rings is 1. The van der Waals surface area contributed by atoms with E-state index < -0.39 is 17.6 Å². The SMILES string of the molecule is CNC(=O)OC1CCC(CC(=O)Nc2cnc(-c3ccc(C4(N)CC(F)(F)C4)cc3)c(-c3ccccc3)c2)CC1. The number of nitrogens with zero attached hydrogens (tertiary/aromatic N) is 1. The number of halogens is 2. The monoisotopic (exact) mass is 548 g/mol. The number of ether oxygens (including phenoxy) is 1. The molecule has 2 aliphatic rings. The lowest BCUT2D eigenvalue weighted by Gasteiger charge is -2.44. The van der Waals surface area contributed by atoms with Crippen molar-refractivity contribution in [2.75, 3.05) is 12.4 Å². The number of aromatic nitrogens is 1. The van der Waals surface area contributed by atoms with Crippen LogP contribution in [0.25, 0.3) is 22.4 Å². The number of hydrogen-bond donors (Lipinski definition) is 3. The average molecular weight is 549 g/mol. The summed E-state index contributed by atoms with van der Waals surface area (Å²) in [4.78, 5) is 29.0. The number of rotatable bonds is 7. The zero-order valence-electron chi connectivity index (χ0n) is 22.5. The van der Waals surface area contributed by atoms with Gasteiger partial charge in [0, 0.05) is 37.4 Å². The summed E-state index contributed by atoms with van der Waals surface area (Å²) in [6, 6.07) is 19.0. The van der Waals surface area contributed by atoms with Crippen molar-refractivity contribution in [3.63, 3.8) is 0 Å². The van der Waals surface area contributed by atoms with Crippen molar-refractivity contribution in [2.45, 2.75) is 62.5 Å². The first-order valence-electron chi connectivity index (χ1n) is 13.7. The van der Waals surface area contributed by atoms with Gasteiger partial charge in [-0.2, -0.15) is 0 Å². The molecule has 1 heterocycles. The van der Waals surface area contributed by atoms with E-state index in [2.05, 4.69) is 10.6 Å². The fourth-order valence-electron chi connectivity index (χ4n) is 5.77. The fraction of sp³-hybridized carbons (Fsp3) is 0.387. The van der Waals surface area contributed by atoms with Crippen LogP contribution < -0.4 is 16.4 Å². The van der Waals surface area contributed by atoms with Gasteiger partial charge in [0.1, 0.15) is 6.10 Å². The number of benzene rings is 2. The normalized spacial score (nSPS) is 21.1. The average Bonchev–Trinajstić information content (AvgIpc) is 2.93. The van der Waals surface area contributed by atoms with Gasteiger partial charge in [-0.05, 0) is 48.8 Å². The van der Waals surface area contributed by atoms with Crippen LogP contribution in [0.4, 0.5) is 19.3 Å². The maximum absolute atomic E-state index is 13.5. The third kappa shape index (κ3) is 6.31. The van der Waals surface area contributed by atoms with E-state index in [1.54, 1.807) is 18.3 Å². The minimum absolute atomic E-state index is 0.0841. The minimum Gasteiger partial charge on any atom is -0.446 e. The maximum Gasteiger partial charge on any atom is 0.407 e. The molecule has 0 bridgehead atoms. The molecule has 40 heavy (non-hydrogen) atoms. The highest BCUT2D eigenvalue weighted by molar-refractivity contribution is 5.93. The Labute approximate surface area is 232 Å². The number of alkyl halides is 2. The second-order valence-electron chi connectivity index (χ2n) is 11.0. The lowest BCUT2D eigenvalue weighted by molar-refractivity contribution is -0.125. The molecule has 0 unspecified atom stereocenters. The van der Waals surface area contributed by atoms with Gasteiger partial charge in [0.05, 0.1) is 23.1 Å². The summed E-state index contributed by atoms with van der Waals surface area (Å²) >= 11 is 0. The molecular formula is C31H34F2N4O3. The Morgan fingerprint density at radius 2 is 1.68 bits per heavy atom. The zero-order valence-corrected chi connectivity index (χ0v) is 22.5. The van der Waals surface area contributed by atoms with Gasteiger partial charge in [-0.1, -0.05) is 54.6 Å². The molecular weight excluding hydrogens is 514 g/mol. The molecule has 210 valence electrons. The predicted octanol–water partition coefficient (Wildman–Crippen LogP) is 6.24. The van der Waals surface area contributed by atoms with Crippen LogP contribution in [0.15, 0.2) is 66.9 Å². The van der Waals surface area contributed by atoms with E-state index in [1.165, 1.54) is 7.05 Å². The van der Waals surface area contributed by atoms with Crippen LogP contribution in [0, 0.1) is 5.92 Å². The topological polar surface area (TPSA) is 106 Å². The van der Waals surface area contributed by atoms with Crippen LogP contribution >= 0.6 is 0 Å². The second kappa shape index (κ2) is 11.3. The van der Waals surface area contributed by atoms with E-state index in [0.717, 1.165) is 48.1 Å². The molecule has 0 radical (unpaired) electrons. The van der Waals surface area contributed by atoms with E-state index in [9.17, 15) is 18.4 Å². The molecule has 2 fully saturated rings. The van der Waals surface area contributed by atoms with Crippen LogP contribution in [0.5, 0.6) is 0 Å². The smallest absolute Gasteiger partial charge is 0.407 e. The number of hydrogen-bond acceptors (Lipinski definition) is 5. The van der Waals surface area contributed by atoms with Crippen LogP contribution in [0.3, 0.4) is 0 Å². The molecule has 2 saturated carbocycles. The molecule has 2 amide bonds. The van der Waals surface area contributed by atoms with Crippen molar-refractivity contribution in [2.24, 2.45) is 11.7 Å². The largest absolute Gasteiger partial charge is 0.446 e. The van der Waals surface area contributed by atoms with Crippen molar-refractivity contribution in [1.82, 2.24) is 10.3 Å². The van der Waals surface area contributed by atoms with Gasteiger partial charge in [0.15, 0.2) is 0 Å². The fourth-order valence-corrected chi connectivity index (χ4v) is 5.77. The molecule has 9 heteroatoms. The molecule has 0 saturated heterocycles. The first-order valence-corrected chi connectivity index (χ1v) is 13.7. The van der Waals surface area contributed by atoms with Crippen LogP contribution in [-0.4, -0.2) is 36.1 Å². The summed E-state index contributed by atoms with van der Waals surface area (Å²) in [6.07, 6.45) is 3.91. The van der Waals surface area contributed by atoms with Crippen molar-refractivity contribution in [1.29, 1.82) is 0 Å². The Morgan fingerprint density at radius 1 is 1.00 bits per heavy atom. The maximum atomic E-state index is 13.5. The first kappa shape index (κ1) is 27.7. The Balaban J connectivity index is 1.29. The highest BCUT2D eigenvalue weighted by atomic mass is 19.3. The lowest BCUT2D eigenvalue weighted by Crippen LogP contribution is -2.55. The molecule has 0 aliphatic heterocycles. The molecule has 0 atom stereocenters. The van der Waals surface area contributed by atoms with Crippen LogP contribution in [0.2, 0.25) is 0 Å². The Morgan fingerprint density at radius 3 is 2.30 bits per heavy atom. The molecule has 0 spiro atoms. The zero-order chi connectivity index (χ0) is 28.3. The van der Waals surface area contributed by atoms with E-state index in [1.807, 2.05) is 48.5 Å². The molecule has 7 nitrogen and oxygen atoms in total. The van der Waals surface area contributed by atoms with Gasteiger partial charge >= 0.3 is 6.09 Å². The lowest BCUT2D eigenvalue weighted by atomic mass is 9.70. The molecule has 2 aromatic carbocycles. The summed E-state index contributed by atoms with van der Waals surface area (Å²) in [7, 11) is 1.54. The van der Waals surface area contributed by atoms with Crippen LogP contribution in [0.1, 0.15) is 50.5 Å². The second-order valence-corrected chi connectivity index (χ2v) is 11.0. The first-order chi connectivity index (χ1) is 19.1.